The molecular formula is C9H11NO3. The smallest absolute Gasteiger partial charge is 0.260 e. The summed E-state index contributed by atoms with van der Waals surface area (Å²) in [6.07, 6.45) is 5.84. The van der Waals surface area contributed by atoms with Gasteiger partial charge in [-0.05, 0) is 12.5 Å². The molecule has 0 aromatic carbocycles. The average Bonchev–Trinajstić information content (AvgIpc) is 2.17. The number of nitrogens with two attached hydrogens (primary N) is 1. The molecule has 1 aliphatic carbocycles. The van der Waals surface area contributed by atoms with E-state index in [9.17, 15) is 4.79 Å². The second-order valence-corrected chi connectivity index (χ2v) is 3.06. The first-order chi connectivity index (χ1) is 6.27. The first-order valence-corrected chi connectivity index (χ1v) is 4.21. The molecule has 0 saturated carbocycles. The van der Waals surface area contributed by atoms with Crippen molar-refractivity contribution in [1.29, 1.82) is 0 Å². The highest BCUT2D eigenvalue weighted by atomic mass is 16.6. The quantitative estimate of drug-likeness (QED) is 0.624. The van der Waals surface area contributed by atoms with Crippen molar-refractivity contribution in [2.24, 2.45) is 5.73 Å². The van der Waals surface area contributed by atoms with Crippen LogP contribution in [-0.4, -0.2) is 24.7 Å². The van der Waals surface area contributed by atoms with Crippen LogP contribution >= 0.6 is 0 Å². The van der Waals surface area contributed by atoms with Gasteiger partial charge >= 0.3 is 0 Å². The van der Waals surface area contributed by atoms with Gasteiger partial charge in [0.15, 0.2) is 6.10 Å². The summed E-state index contributed by atoms with van der Waals surface area (Å²) in [7, 11) is 0. The van der Waals surface area contributed by atoms with Crippen molar-refractivity contribution in [3.05, 3.63) is 24.0 Å². The number of ether oxygens (including phenoxy) is 2. The lowest BCUT2D eigenvalue weighted by Crippen LogP contribution is -2.42. The maximum absolute atomic E-state index is 10.8. The molecule has 70 valence electrons. The molecule has 2 aliphatic rings. The average molecular weight is 181 g/mol. The third kappa shape index (κ3) is 1.58. The fraction of sp³-hybridized carbons (Fsp3) is 0.444. The summed E-state index contributed by atoms with van der Waals surface area (Å²) in [6.45, 7) is 0.255. The number of hydrogen-bond acceptors (Lipinski definition) is 3. The number of rotatable bonds is 1. The molecule has 2 N–H and O–H groups in total. The largest absolute Gasteiger partial charge is 0.480 e. The van der Waals surface area contributed by atoms with Crippen molar-refractivity contribution >= 4 is 5.91 Å². The molecule has 0 aromatic heterocycles. The number of primary amides is 1. The van der Waals surface area contributed by atoms with Crippen LogP contribution in [0.15, 0.2) is 24.0 Å². The van der Waals surface area contributed by atoms with Gasteiger partial charge in [0.2, 0.25) is 0 Å². The second-order valence-electron chi connectivity index (χ2n) is 3.06. The molecule has 4 heteroatoms. The predicted molar refractivity (Wildman–Crippen MR) is 45.6 cm³/mol. The van der Waals surface area contributed by atoms with E-state index >= 15 is 0 Å². The zero-order valence-corrected chi connectivity index (χ0v) is 7.10. The van der Waals surface area contributed by atoms with Gasteiger partial charge in [-0.15, -0.1) is 0 Å². The van der Waals surface area contributed by atoms with Gasteiger partial charge in [0, 0.05) is 0 Å². The highest BCUT2D eigenvalue weighted by Crippen LogP contribution is 2.23. The Morgan fingerprint density at radius 3 is 3.23 bits per heavy atom. The Kier molecular flexibility index (Phi) is 2.06. The monoisotopic (exact) mass is 181 g/mol. The van der Waals surface area contributed by atoms with Crippen molar-refractivity contribution in [3.63, 3.8) is 0 Å². The minimum absolute atomic E-state index is 0.0272. The Balaban J connectivity index is 2.09. The standard InChI is InChI=1S/C9H11NO3/c10-9(11)8-5-12-6-3-1-2-4-7(6)13-8/h1-2,4,6,8H,3,5H2,(H2,10,11). The zero-order valence-electron chi connectivity index (χ0n) is 7.10. The highest BCUT2D eigenvalue weighted by molar-refractivity contribution is 5.79. The van der Waals surface area contributed by atoms with Crippen LogP contribution in [-0.2, 0) is 14.3 Å². The van der Waals surface area contributed by atoms with Crippen LogP contribution in [0.3, 0.4) is 0 Å². The number of carbonyl (C=O) groups is 1. The van der Waals surface area contributed by atoms with E-state index in [1.807, 2.05) is 18.2 Å². The molecule has 1 fully saturated rings. The highest BCUT2D eigenvalue weighted by Gasteiger charge is 2.30. The molecule has 0 radical (unpaired) electrons. The van der Waals surface area contributed by atoms with Crippen molar-refractivity contribution < 1.29 is 14.3 Å². The maximum Gasteiger partial charge on any atom is 0.260 e. The van der Waals surface area contributed by atoms with E-state index in [1.165, 1.54) is 0 Å². The van der Waals surface area contributed by atoms with Crippen LogP contribution in [0.4, 0.5) is 0 Å². The van der Waals surface area contributed by atoms with E-state index in [0.717, 1.165) is 6.42 Å². The molecule has 2 unspecified atom stereocenters. The number of allylic oxidation sites excluding steroid dienone is 2. The van der Waals surface area contributed by atoms with Crippen LogP contribution in [0.5, 0.6) is 0 Å². The van der Waals surface area contributed by atoms with Crippen LogP contribution in [0.2, 0.25) is 0 Å². The third-order valence-electron chi connectivity index (χ3n) is 2.11. The third-order valence-corrected chi connectivity index (χ3v) is 2.11. The Morgan fingerprint density at radius 2 is 2.46 bits per heavy atom. The first kappa shape index (κ1) is 8.31. The minimum Gasteiger partial charge on any atom is -0.480 e. The molecule has 2 rings (SSSR count). The van der Waals surface area contributed by atoms with Crippen LogP contribution in [0.25, 0.3) is 0 Å². The van der Waals surface area contributed by atoms with Gasteiger partial charge in [-0.25, -0.2) is 0 Å². The fourth-order valence-electron chi connectivity index (χ4n) is 1.40. The Bertz CT molecular complexity index is 283. The molecule has 0 aromatic rings. The normalized spacial score (nSPS) is 31.5. The summed E-state index contributed by atoms with van der Waals surface area (Å²) in [5, 5.41) is 0. The number of fused-ring (bicyclic) bond motifs is 1. The topological polar surface area (TPSA) is 61.6 Å². The summed E-state index contributed by atoms with van der Waals surface area (Å²) >= 11 is 0. The zero-order chi connectivity index (χ0) is 9.26. The van der Waals surface area contributed by atoms with Crippen molar-refractivity contribution in [2.45, 2.75) is 18.6 Å². The van der Waals surface area contributed by atoms with Crippen molar-refractivity contribution in [3.8, 4) is 0 Å². The van der Waals surface area contributed by atoms with Gasteiger partial charge in [0.25, 0.3) is 5.91 Å². The van der Waals surface area contributed by atoms with E-state index < -0.39 is 12.0 Å². The molecule has 0 bridgehead atoms. The van der Waals surface area contributed by atoms with Crippen molar-refractivity contribution in [1.82, 2.24) is 0 Å². The van der Waals surface area contributed by atoms with Crippen LogP contribution < -0.4 is 5.73 Å². The van der Waals surface area contributed by atoms with Gasteiger partial charge in [0.05, 0.1) is 6.61 Å². The number of carbonyl (C=O) groups excluding carboxylic acids is 1. The van der Waals surface area contributed by atoms with Crippen molar-refractivity contribution in [2.75, 3.05) is 6.61 Å². The maximum atomic E-state index is 10.8. The predicted octanol–water partition coefficient (Wildman–Crippen LogP) is 0.0995. The summed E-state index contributed by atoms with van der Waals surface area (Å²) in [5.41, 5.74) is 5.10. The van der Waals surface area contributed by atoms with E-state index in [0.29, 0.717) is 5.76 Å². The molecule has 13 heavy (non-hydrogen) atoms. The van der Waals surface area contributed by atoms with Gasteiger partial charge in [0.1, 0.15) is 11.9 Å². The molecule has 0 spiro atoms. The SMILES string of the molecule is NC(=O)C1COC2CC=CC=C2O1. The number of hydrogen-bond donors (Lipinski definition) is 1. The molecule has 1 amide bonds. The molecule has 1 heterocycles. The van der Waals surface area contributed by atoms with E-state index in [4.69, 9.17) is 15.2 Å². The van der Waals surface area contributed by atoms with Crippen LogP contribution in [0, 0.1) is 0 Å². The molecule has 2 atom stereocenters. The Morgan fingerprint density at radius 1 is 1.62 bits per heavy atom. The molecular weight excluding hydrogens is 170 g/mol. The first-order valence-electron chi connectivity index (χ1n) is 4.21. The van der Waals surface area contributed by atoms with E-state index in [1.54, 1.807) is 0 Å². The molecule has 1 saturated heterocycles. The van der Waals surface area contributed by atoms with Crippen LogP contribution in [0.1, 0.15) is 6.42 Å². The lowest BCUT2D eigenvalue weighted by atomic mass is 10.1. The Labute approximate surface area is 76.0 Å². The molecule has 1 aliphatic heterocycles. The minimum atomic E-state index is -0.631. The van der Waals surface area contributed by atoms with Gasteiger partial charge in [-0.1, -0.05) is 12.2 Å². The Hall–Kier alpha value is -1.29. The second kappa shape index (κ2) is 3.22. The lowest BCUT2D eigenvalue weighted by Gasteiger charge is -2.31. The summed E-state index contributed by atoms with van der Waals surface area (Å²) in [6, 6.07) is 0. The van der Waals surface area contributed by atoms with E-state index in [2.05, 4.69) is 0 Å². The van der Waals surface area contributed by atoms with Gasteiger partial charge in [-0.3, -0.25) is 4.79 Å². The summed E-state index contributed by atoms with van der Waals surface area (Å²) in [5.74, 6) is 0.228. The van der Waals surface area contributed by atoms with Gasteiger partial charge < -0.3 is 15.2 Å². The van der Waals surface area contributed by atoms with E-state index in [-0.39, 0.29) is 12.7 Å². The molecule has 4 nitrogen and oxygen atoms in total. The lowest BCUT2D eigenvalue weighted by molar-refractivity contribution is -0.142. The summed E-state index contributed by atoms with van der Waals surface area (Å²) < 4.78 is 10.8. The fourth-order valence-corrected chi connectivity index (χ4v) is 1.40. The number of amides is 1. The summed E-state index contributed by atoms with van der Waals surface area (Å²) in [4.78, 5) is 10.8. The van der Waals surface area contributed by atoms with Gasteiger partial charge in [-0.2, -0.15) is 0 Å².